The summed E-state index contributed by atoms with van der Waals surface area (Å²) in [5.41, 5.74) is -1.33. The monoisotopic (exact) mass is 384 g/mol. The quantitative estimate of drug-likeness (QED) is 0.425. The first-order valence-electron chi connectivity index (χ1n) is 9.37. The van der Waals surface area contributed by atoms with E-state index in [4.69, 9.17) is 4.74 Å². The molecule has 0 radical (unpaired) electrons. The molecular formula is C20H32O7. The van der Waals surface area contributed by atoms with E-state index >= 15 is 0 Å². The van der Waals surface area contributed by atoms with Gasteiger partial charge >= 0.3 is 0 Å². The number of carbonyl (C=O) groups excluding carboxylic acids is 1. The van der Waals surface area contributed by atoms with Gasteiger partial charge in [-0.2, -0.15) is 0 Å². The fourth-order valence-corrected chi connectivity index (χ4v) is 3.99. The average molecular weight is 384 g/mol. The maximum absolute atomic E-state index is 11.8. The highest BCUT2D eigenvalue weighted by atomic mass is 16.5. The second-order valence-corrected chi connectivity index (χ2v) is 8.56. The van der Waals surface area contributed by atoms with E-state index in [0.29, 0.717) is 12.0 Å². The third-order valence-electron chi connectivity index (χ3n) is 5.89. The van der Waals surface area contributed by atoms with Gasteiger partial charge in [0.15, 0.2) is 5.78 Å². The van der Waals surface area contributed by atoms with Gasteiger partial charge in [0, 0.05) is 11.8 Å². The van der Waals surface area contributed by atoms with Crippen molar-refractivity contribution < 1.29 is 35.1 Å². The van der Waals surface area contributed by atoms with Crippen LogP contribution in [0.15, 0.2) is 23.8 Å². The van der Waals surface area contributed by atoms with E-state index in [2.05, 4.69) is 0 Å². The van der Waals surface area contributed by atoms with Crippen molar-refractivity contribution in [2.45, 2.75) is 76.7 Å². The summed E-state index contributed by atoms with van der Waals surface area (Å²) in [6.07, 6.45) is -0.200. The first kappa shape index (κ1) is 22.2. The van der Waals surface area contributed by atoms with Gasteiger partial charge < -0.3 is 30.3 Å². The molecule has 1 fully saturated rings. The second-order valence-electron chi connectivity index (χ2n) is 8.56. The van der Waals surface area contributed by atoms with Crippen LogP contribution >= 0.6 is 0 Å². The fourth-order valence-electron chi connectivity index (χ4n) is 3.99. The lowest BCUT2D eigenvalue weighted by Crippen LogP contribution is -2.58. The van der Waals surface area contributed by atoms with Crippen molar-refractivity contribution in [2.24, 2.45) is 11.3 Å². The maximum Gasteiger partial charge on any atom is 0.156 e. The lowest BCUT2D eigenvalue weighted by molar-refractivity contribution is -0.231. The Labute approximate surface area is 160 Å². The molecule has 7 nitrogen and oxygen atoms in total. The summed E-state index contributed by atoms with van der Waals surface area (Å²) >= 11 is 0. The van der Waals surface area contributed by atoms with E-state index < -0.39 is 48.1 Å². The number of aliphatic hydroxyl groups is 5. The van der Waals surface area contributed by atoms with Crippen LogP contribution in [0.25, 0.3) is 0 Å². The van der Waals surface area contributed by atoms with E-state index in [0.717, 1.165) is 0 Å². The molecule has 5 N–H and O–H groups in total. The van der Waals surface area contributed by atoms with Crippen LogP contribution in [0.3, 0.4) is 0 Å². The number of hydrogen-bond donors (Lipinski definition) is 5. The molecule has 2 aliphatic rings. The van der Waals surface area contributed by atoms with E-state index in [1.165, 1.54) is 6.08 Å². The summed E-state index contributed by atoms with van der Waals surface area (Å²) in [6, 6.07) is 0. The van der Waals surface area contributed by atoms with Crippen LogP contribution in [0.4, 0.5) is 0 Å². The largest absolute Gasteiger partial charge is 0.394 e. The summed E-state index contributed by atoms with van der Waals surface area (Å²) in [5.74, 6) is -0.137. The zero-order valence-electron chi connectivity index (χ0n) is 16.4. The standard InChI is InChI=1S/C20H32O7/c1-11(7-14-16(23)18(25)17(24)15(10-21)27-14)5-6-20(26)12(2)8-13(22)9-19(20,3)4/h5-6,8,11,14-18,21,23-26H,7,9-10H2,1-4H3. The van der Waals surface area contributed by atoms with Crippen LogP contribution in [-0.2, 0) is 9.53 Å². The van der Waals surface area contributed by atoms with Crippen LogP contribution in [-0.4, -0.2) is 74.0 Å². The molecule has 1 aliphatic carbocycles. The van der Waals surface area contributed by atoms with Gasteiger partial charge in [-0.25, -0.2) is 0 Å². The Morgan fingerprint density at radius 3 is 2.37 bits per heavy atom. The van der Waals surface area contributed by atoms with Gasteiger partial charge in [0.1, 0.15) is 30.0 Å². The summed E-state index contributed by atoms with van der Waals surface area (Å²) < 4.78 is 5.53. The number of aliphatic hydroxyl groups excluding tert-OH is 4. The highest BCUT2D eigenvalue weighted by molar-refractivity contribution is 5.92. The second kappa shape index (κ2) is 8.11. The Morgan fingerprint density at radius 1 is 1.22 bits per heavy atom. The van der Waals surface area contributed by atoms with Crippen molar-refractivity contribution in [1.29, 1.82) is 0 Å². The first-order valence-corrected chi connectivity index (χ1v) is 9.37. The molecule has 0 saturated carbocycles. The lowest BCUT2D eigenvalue weighted by atomic mass is 9.64. The Balaban J connectivity index is 2.11. The van der Waals surface area contributed by atoms with Gasteiger partial charge in [-0.15, -0.1) is 0 Å². The molecule has 0 amide bonds. The van der Waals surface area contributed by atoms with Gasteiger partial charge in [0.05, 0.1) is 12.7 Å². The smallest absolute Gasteiger partial charge is 0.156 e. The molecule has 0 aromatic carbocycles. The highest BCUT2D eigenvalue weighted by Crippen LogP contribution is 2.44. The number of ketones is 1. The van der Waals surface area contributed by atoms with Crippen LogP contribution < -0.4 is 0 Å². The van der Waals surface area contributed by atoms with E-state index in [1.54, 1.807) is 19.1 Å². The molecule has 0 bridgehead atoms. The Hall–Kier alpha value is -1.09. The van der Waals surface area contributed by atoms with Crippen molar-refractivity contribution >= 4 is 5.78 Å². The topological polar surface area (TPSA) is 127 Å². The number of allylic oxidation sites excluding steroid dienone is 2. The Morgan fingerprint density at radius 2 is 1.81 bits per heavy atom. The van der Waals surface area contributed by atoms with E-state index in [1.807, 2.05) is 20.8 Å². The first-order chi connectivity index (χ1) is 12.4. The zero-order chi connectivity index (χ0) is 20.6. The molecule has 1 aliphatic heterocycles. The van der Waals surface area contributed by atoms with Gasteiger partial charge in [-0.1, -0.05) is 32.9 Å². The van der Waals surface area contributed by atoms with Gasteiger partial charge in [0.2, 0.25) is 0 Å². The van der Waals surface area contributed by atoms with Crippen molar-refractivity contribution in [3.05, 3.63) is 23.8 Å². The molecule has 154 valence electrons. The zero-order valence-corrected chi connectivity index (χ0v) is 16.4. The normalized spacial score (nSPS) is 40.9. The Kier molecular flexibility index (Phi) is 6.67. The van der Waals surface area contributed by atoms with Crippen LogP contribution in [0.1, 0.15) is 40.5 Å². The number of carbonyl (C=O) groups is 1. The number of hydrogen-bond acceptors (Lipinski definition) is 7. The summed E-state index contributed by atoms with van der Waals surface area (Å²) in [5, 5.41) is 50.3. The van der Waals surface area contributed by atoms with Crippen LogP contribution in [0.2, 0.25) is 0 Å². The Bertz CT molecular complexity index is 609. The molecular weight excluding hydrogens is 352 g/mol. The maximum atomic E-state index is 11.8. The lowest BCUT2D eigenvalue weighted by Gasteiger charge is -2.44. The minimum absolute atomic E-state index is 0.00931. The van der Waals surface area contributed by atoms with Crippen molar-refractivity contribution in [3.8, 4) is 0 Å². The molecule has 0 aromatic rings. The fraction of sp³-hybridized carbons (Fsp3) is 0.750. The molecule has 27 heavy (non-hydrogen) atoms. The van der Waals surface area contributed by atoms with Crippen LogP contribution in [0.5, 0.6) is 0 Å². The summed E-state index contributed by atoms with van der Waals surface area (Å²) in [7, 11) is 0. The summed E-state index contributed by atoms with van der Waals surface area (Å²) in [6.45, 7) is 6.83. The third-order valence-corrected chi connectivity index (χ3v) is 5.89. The third kappa shape index (κ3) is 4.34. The van der Waals surface area contributed by atoms with Crippen molar-refractivity contribution in [2.75, 3.05) is 6.61 Å². The average Bonchev–Trinajstić information content (AvgIpc) is 2.58. The predicted molar refractivity (Wildman–Crippen MR) is 98.8 cm³/mol. The molecule has 0 spiro atoms. The molecule has 7 unspecified atom stereocenters. The minimum Gasteiger partial charge on any atom is -0.394 e. The molecule has 1 heterocycles. The molecule has 0 aromatic heterocycles. The minimum atomic E-state index is -1.39. The number of rotatable bonds is 5. The van der Waals surface area contributed by atoms with Gasteiger partial charge in [-0.05, 0) is 30.9 Å². The summed E-state index contributed by atoms with van der Waals surface area (Å²) in [4.78, 5) is 11.8. The SMILES string of the molecule is CC1=CC(=O)CC(C)(C)C1(O)C=CC(C)CC1OC(CO)C(O)C(O)C1O. The highest BCUT2D eigenvalue weighted by Gasteiger charge is 2.47. The van der Waals surface area contributed by atoms with E-state index in [-0.39, 0.29) is 18.1 Å². The molecule has 1 saturated heterocycles. The van der Waals surface area contributed by atoms with Crippen molar-refractivity contribution in [1.82, 2.24) is 0 Å². The molecule has 7 atom stereocenters. The molecule has 7 heteroatoms. The van der Waals surface area contributed by atoms with E-state index in [9.17, 15) is 30.3 Å². The molecule has 2 rings (SSSR count). The number of ether oxygens (including phenoxy) is 1. The van der Waals surface area contributed by atoms with Crippen molar-refractivity contribution in [3.63, 3.8) is 0 Å². The van der Waals surface area contributed by atoms with Gasteiger partial charge in [-0.3, -0.25) is 4.79 Å². The van der Waals surface area contributed by atoms with Crippen LogP contribution in [0, 0.1) is 11.3 Å². The van der Waals surface area contributed by atoms with Gasteiger partial charge in [0.25, 0.3) is 0 Å². The predicted octanol–water partition coefficient (Wildman–Crippen LogP) is 0.0876.